The maximum absolute atomic E-state index is 8.46. The highest BCUT2D eigenvalue weighted by Gasteiger charge is 2.21. The number of piperidine rings is 1. The van der Waals surface area contributed by atoms with Crippen LogP contribution in [0.2, 0.25) is 0 Å². The molecule has 0 aliphatic carbocycles. The maximum atomic E-state index is 8.46. The van der Waals surface area contributed by atoms with Gasteiger partial charge in [0.25, 0.3) is 0 Å². The molecule has 5 nitrogen and oxygen atoms in total. The van der Waals surface area contributed by atoms with Crippen LogP contribution in [-0.4, -0.2) is 60.1 Å². The molecule has 0 radical (unpaired) electrons. The zero-order valence-corrected chi connectivity index (χ0v) is 10.4. The van der Waals surface area contributed by atoms with Crippen LogP contribution in [0.1, 0.15) is 26.2 Å². The van der Waals surface area contributed by atoms with E-state index in [2.05, 4.69) is 28.9 Å². The summed E-state index contributed by atoms with van der Waals surface area (Å²) >= 11 is 0. The van der Waals surface area contributed by atoms with Crippen molar-refractivity contribution in [3.63, 3.8) is 0 Å². The summed E-state index contributed by atoms with van der Waals surface area (Å²) in [4.78, 5) is 4.80. The maximum Gasteiger partial charge on any atom is 0.140 e. The predicted octanol–water partition coefficient (Wildman–Crippen LogP) is 0.539. The number of nitrogens with zero attached hydrogens (tertiary/aromatic N) is 3. The van der Waals surface area contributed by atoms with Gasteiger partial charge in [-0.2, -0.15) is 0 Å². The third-order valence-corrected chi connectivity index (χ3v) is 3.48. The van der Waals surface area contributed by atoms with Crippen molar-refractivity contribution < 1.29 is 5.21 Å². The van der Waals surface area contributed by atoms with Gasteiger partial charge in [0.05, 0.1) is 0 Å². The highest BCUT2D eigenvalue weighted by atomic mass is 16.4. The second kappa shape index (κ2) is 6.70. The van der Waals surface area contributed by atoms with Crippen LogP contribution in [0.3, 0.4) is 0 Å². The van der Waals surface area contributed by atoms with E-state index in [-0.39, 0.29) is 0 Å². The lowest BCUT2D eigenvalue weighted by Crippen LogP contribution is -2.44. The summed E-state index contributed by atoms with van der Waals surface area (Å²) in [6.45, 7) is 6.61. The molecule has 0 amide bonds. The van der Waals surface area contributed by atoms with E-state index < -0.39 is 0 Å². The van der Waals surface area contributed by atoms with E-state index in [9.17, 15) is 0 Å². The average molecular weight is 228 g/mol. The van der Waals surface area contributed by atoms with Crippen molar-refractivity contribution in [2.45, 2.75) is 32.2 Å². The molecule has 5 heteroatoms. The summed E-state index contributed by atoms with van der Waals surface area (Å²) in [7, 11) is 2.12. The van der Waals surface area contributed by atoms with Crippen molar-refractivity contribution in [3.05, 3.63) is 0 Å². The minimum atomic E-state index is 0.317. The fourth-order valence-electron chi connectivity index (χ4n) is 2.20. The molecule has 1 saturated heterocycles. The van der Waals surface area contributed by atoms with Crippen molar-refractivity contribution in [2.24, 2.45) is 10.9 Å². The Bertz CT molecular complexity index is 224. The van der Waals surface area contributed by atoms with E-state index in [1.807, 2.05) is 0 Å². The molecule has 0 aromatic heterocycles. The van der Waals surface area contributed by atoms with Crippen molar-refractivity contribution in [1.82, 2.24) is 9.80 Å². The first-order chi connectivity index (χ1) is 7.67. The predicted molar refractivity (Wildman–Crippen MR) is 65.8 cm³/mol. The molecule has 1 fully saturated rings. The Labute approximate surface area is 97.9 Å². The minimum Gasteiger partial charge on any atom is -0.409 e. The second-order valence-electron chi connectivity index (χ2n) is 4.49. The van der Waals surface area contributed by atoms with Gasteiger partial charge < -0.3 is 20.7 Å². The fraction of sp³-hybridized carbons (Fsp3) is 0.909. The highest BCUT2D eigenvalue weighted by molar-refractivity contribution is 5.79. The molecule has 0 atom stereocenters. The molecule has 0 saturated carbocycles. The number of amidine groups is 1. The van der Waals surface area contributed by atoms with E-state index >= 15 is 0 Å². The van der Waals surface area contributed by atoms with Crippen molar-refractivity contribution in [1.29, 1.82) is 0 Å². The SMILES string of the molecule is CCN1CCC(N(C)CCC(N)=NO)CC1. The molecular formula is C11H24N4O. The van der Waals surface area contributed by atoms with Crippen LogP contribution in [0.5, 0.6) is 0 Å². The summed E-state index contributed by atoms with van der Waals surface area (Å²) in [5.74, 6) is 0.317. The molecule has 0 spiro atoms. The Hall–Kier alpha value is -0.810. The largest absolute Gasteiger partial charge is 0.409 e. The Morgan fingerprint density at radius 3 is 2.62 bits per heavy atom. The first-order valence-corrected chi connectivity index (χ1v) is 6.06. The Kier molecular flexibility index (Phi) is 5.55. The van der Waals surface area contributed by atoms with Crippen LogP contribution in [0, 0.1) is 0 Å². The molecule has 3 N–H and O–H groups in total. The van der Waals surface area contributed by atoms with Gasteiger partial charge in [0.15, 0.2) is 0 Å². The molecule has 0 unspecified atom stereocenters. The second-order valence-corrected chi connectivity index (χ2v) is 4.49. The van der Waals surface area contributed by atoms with Gasteiger partial charge in [0.2, 0.25) is 0 Å². The lowest BCUT2D eigenvalue weighted by Gasteiger charge is -2.36. The van der Waals surface area contributed by atoms with Gasteiger partial charge in [-0.3, -0.25) is 0 Å². The van der Waals surface area contributed by atoms with Crippen LogP contribution in [0.25, 0.3) is 0 Å². The summed E-state index contributed by atoms with van der Waals surface area (Å²) in [6, 6.07) is 0.647. The normalized spacial score (nSPS) is 20.6. The van der Waals surface area contributed by atoms with E-state index in [0.29, 0.717) is 18.3 Å². The standard InChI is InChI=1S/C11H24N4O/c1-3-15-8-4-10(5-9-15)14(2)7-6-11(12)13-16/h10,16H,3-9H2,1-2H3,(H2,12,13). The monoisotopic (exact) mass is 228 g/mol. The van der Waals surface area contributed by atoms with Crippen LogP contribution in [-0.2, 0) is 0 Å². The van der Waals surface area contributed by atoms with E-state index in [4.69, 9.17) is 10.9 Å². The molecule has 16 heavy (non-hydrogen) atoms. The van der Waals surface area contributed by atoms with Crippen molar-refractivity contribution in [3.8, 4) is 0 Å². The topological polar surface area (TPSA) is 65.1 Å². The van der Waals surface area contributed by atoms with Gasteiger partial charge >= 0.3 is 0 Å². The molecule has 1 heterocycles. The van der Waals surface area contributed by atoms with Gasteiger partial charge in [-0.1, -0.05) is 12.1 Å². The van der Waals surface area contributed by atoms with Gasteiger partial charge in [-0.25, -0.2) is 0 Å². The van der Waals surface area contributed by atoms with Gasteiger partial charge in [-0.05, 0) is 39.5 Å². The molecule has 1 aliphatic heterocycles. The number of oxime groups is 1. The number of rotatable bonds is 5. The summed E-state index contributed by atoms with van der Waals surface area (Å²) in [5.41, 5.74) is 5.46. The minimum absolute atomic E-state index is 0.317. The van der Waals surface area contributed by atoms with E-state index in [0.717, 1.165) is 13.1 Å². The Morgan fingerprint density at radius 2 is 2.12 bits per heavy atom. The highest BCUT2D eigenvalue weighted by Crippen LogP contribution is 2.15. The van der Waals surface area contributed by atoms with Crippen molar-refractivity contribution >= 4 is 5.84 Å². The Morgan fingerprint density at radius 1 is 1.50 bits per heavy atom. The molecule has 1 rings (SSSR count). The Balaban J connectivity index is 2.25. The van der Waals surface area contributed by atoms with E-state index in [1.165, 1.54) is 25.9 Å². The summed E-state index contributed by atoms with van der Waals surface area (Å²) in [5, 5.41) is 11.5. The molecule has 1 aliphatic rings. The number of nitrogens with two attached hydrogens (primary N) is 1. The lowest BCUT2D eigenvalue weighted by atomic mass is 10.0. The molecule has 94 valence electrons. The average Bonchev–Trinajstić information content (AvgIpc) is 2.35. The quantitative estimate of drug-likeness (QED) is 0.312. The smallest absolute Gasteiger partial charge is 0.140 e. The third-order valence-electron chi connectivity index (χ3n) is 3.48. The first kappa shape index (κ1) is 13.3. The third kappa shape index (κ3) is 3.98. The molecule has 0 bridgehead atoms. The summed E-state index contributed by atoms with van der Waals surface area (Å²) in [6.07, 6.45) is 3.09. The van der Waals surface area contributed by atoms with Gasteiger partial charge in [0, 0.05) is 19.0 Å². The zero-order valence-electron chi connectivity index (χ0n) is 10.4. The van der Waals surface area contributed by atoms with Crippen molar-refractivity contribution in [2.75, 3.05) is 33.2 Å². The number of likely N-dealkylation sites (tertiary alicyclic amines) is 1. The zero-order chi connectivity index (χ0) is 12.0. The van der Waals surface area contributed by atoms with Gasteiger partial charge in [-0.15, -0.1) is 0 Å². The fourth-order valence-corrected chi connectivity index (χ4v) is 2.20. The number of hydrogen-bond donors (Lipinski definition) is 2. The van der Waals surface area contributed by atoms with Crippen LogP contribution in [0.15, 0.2) is 5.16 Å². The van der Waals surface area contributed by atoms with Crippen LogP contribution in [0.4, 0.5) is 0 Å². The lowest BCUT2D eigenvalue weighted by molar-refractivity contribution is 0.133. The van der Waals surface area contributed by atoms with Gasteiger partial charge in [0.1, 0.15) is 5.84 Å². The molecule has 0 aromatic rings. The molecule has 0 aromatic carbocycles. The van der Waals surface area contributed by atoms with E-state index in [1.54, 1.807) is 0 Å². The summed E-state index contributed by atoms with van der Waals surface area (Å²) < 4.78 is 0. The van der Waals surface area contributed by atoms with Crippen LogP contribution >= 0.6 is 0 Å². The first-order valence-electron chi connectivity index (χ1n) is 6.06. The van der Waals surface area contributed by atoms with Crippen LogP contribution < -0.4 is 5.73 Å². The number of hydrogen-bond acceptors (Lipinski definition) is 4. The molecular weight excluding hydrogens is 204 g/mol.